The lowest BCUT2D eigenvalue weighted by Crippen LogP contribution is -2.51. The number of nitrogens with two attached hydrogens (primary N) is 1. The molecule has 7 nitrogen and oxygen atoms in total. The summed E-state index contributed by atoms with van der Waals surface area (Å²) in [7, 11) is 0. The molecule has 34 heavy (non-hydrogen) atoms. The summed E-state index contributed by atoms with van der Waals surface area (Å²) in [5, 5.41) is 5.47. The second-order valence-electron chi connectivity index (χ2n) is 9.68. The average Bonchev–Trinajstić information content (AvgIpc) is 3.20. The molecule has 5 rings (SSSR count). The predicted molar refractivity (Wildman–Crippen MR) is 132 cm³/mol. The number of anilines is 1. The van der Waals surface area contributed by atoms with Crippen LogP contribution in [0.1, 0.15) is 33.2 Å². The lowest BCUT2D eigenvalue weighted by atomic mass is 9.97. The number of hydrogen-bond donors (Lipinski definition) is 1. The monoisotopic (exact) mass is 460 g/mol. The Bertz CT molecular complexity index is 1280. The van der Waals surface area contributed by atoms with Crippen LogP contribution in [-0.2, 0) is 0 Å². The third-order valence-corrected chi connectivity index (χ3v) is 6.39. The molecule has 2 atom stereocenters. The van der Waals surface area contributed by atoms with E-state index in [1.54, 1.807) is 4.68 Å². The van der Waals surface area contributed by atoms with Crippen molar-refractivity contribution in [2.45, 2.75) is 44.9 Å². The maximum Gasteiger partial charge on any atom is 0.164 e. The van der Waals surface area contributed by atoms with Gasteiger partial charge >= 0.3 is 0 Å². The molecule has 1 aliphatic heterocycles. The Balaban J connectivity index is 1.48. The first-order chi connectivity index (χ1) is 16.3. The molecule has 0 aliphatic carbocycles. The Morgan fingerprint density at radius 1 is 1.00 bits per heavy atom. The second-order valence-corrected chi connectivity index (χ2v) is 9.68. The molecule has 1 saturated heterocycles. The molecule has 0 spiro atoms. The van der Waals surface area contributed by atoms with Gasteiger partial charge in [0.15, 0.2) is 5.65 Å². The van der Waals surface area contributed by atoms with Gasteiger partial charge in [0, 0.05) is 24.2 Å². The van der Waals surface area contributed by atoms with Crippen molar-refractivity contribution in [1.82, 2.24) is 24.6 Å². The van der Waals surface area contributed by atoms with Crippen molar-refractivity contribution < 1.29 is 9.13 Å². The molecule has 2 unspecified atom stereocenters. The Kier molecular flexibility index (Phi) is 5.69. The number of ether oxygens (including phenoxy) is 1. The van der Waals surface area contributed by atoms with Crippen LogP contribution in [0.5, 0.6) is 11.5 Å². The molecular formula is C26H29FN6O. The molecule has 2 aromatic heterocycles. The van der Waals surface area contributed by atoms with Gasteiger partial charge in [-0.25, -0.2) is 19.0 Å². The minimum absolute atomic E-state index is 0.0805. The van der Waals surface area contributed by atoms with E-state index >= 15 is 4.39 Å². The largest absolute Gasteiger partial charge is 0.457 e. The average molecular weight is 461 g/mol. The summed E-state index contributed by atoms with van der Waals surface area (Å²) >= 11 is 0. The van der Waals surface area contributed by atoms with Crippen LogP contribution >= 0.6 is 0 Å². The van der Waals surface area contributed by atoms with Crippen molar-refractivity contribution in [3.8, 4) is 22.8 Å². The lowest BCUT2D eigenvalue weighted by molar-refractivity contribution is 0.0299. The number of alkyl halides is 1. The number of likely N-dealkylation sites (tertiary alicyclic amines) is 1. The van der Waals surface area contributed by atoms with Crippen LogP contribution in [0.15, 0.2) is 60.9 Å². The molecule has 1 aliphatic rings. The van der Waals surface area contributed by atoms with E-state index in [4.69, 9.17) is 15.6 Å². The van der Waals surface area contributed by atoms with E-state index in [1.165, 1.54) is 6.33 Å². The van der Waals surface area contributed by atoms with Gasteiger partial charge in [-0.3, -0.25) is 4.90 Å². The normalized spacial score (nSPS) is 19.4. The van der Waals surface area contributed by atoms with E-state index < -0.39 is 12.2 Å². The highest BCUT2D eigenvalue weighted by Gasteiger charge is 2.37. The zero-order valence-corrected chi connectivity index (χ0v) is 19.6. The SMILES string of the molecule is CC(C)(C)N1CCC(n2nc(-c3ccc(Oc4ccccc4)cc3)c3c(N)ncnc32)C(F)C1. The van der Waals surface area contributed by atoms with E-state index in [1.807, 2.05) is 54.6 Å². The van der Waals surface area contributed by atoms with Crippen molar-refractivity contribution in [3.63, 3.8) is 0 Å². The van der Waals surface area contributed by atoms with Crippen LogP contribution in [0, 0.1) is 0 Å². The highest BCUT2D eigenvalue weighted by atomic mass is 19.1. The van der Waals surface area contributed by atoms with Crippen LogP contribution in [0.2, 0.25) is 0 Å². The first-order valence-corrected chi connectivity index (χ1v) is 11.5. The summed E-state index contributed by atoms with van der Waals surface area (Å²) in [5.74, 6) is 1.80. The number of aromatic nitrogens is 4. The number of hydrogen-bond acceptors (Lipinski definition) is 6. The smallest absolute Gasteiger partial charge is 0.164 e. The minimum Gasteiger partial charge on any atom is -0.457 e. The number of rotatable bonds is 4. The van der Waals surface area contributed by atoms with E-state index in [0.29, 0.717) is 41.3 Å². The number of benzene rings is 2. The van der Waals surface area contributed by atoms with Gasteiger partial charge in [0.1, 0.15) is 35.5 Å². The molecule has 0 bridgehead atoms. The van der Waals surface area contributed by atoms with Crippen molar-refractivity contribution in [2.24, 2.45) is 0 Å². The van der Waals surface area contributed by atoms with E-state index in [9.17, 15) is 0 Å². The summed E-state index contributed by atoms with van der Waals surface area (Å²) in [6.45, 7) is 7.48. The van der Waals surface area contributed by atoms with Gasteiger partial charge < -0.3 is 10.5 Å². The maximum atomic E-state index is 15.4. The summed E-state index contributed by atoms with van der Waals surface area (Å²) in [6, 6.07) is 16.8. The molecule has 0 amide bonds. The first-order valence-electron chi connectivity index (χ1n) is 11.5. The Labute approximate surface area is 198 Å². The van der Waals surface area contributed by atoms with Gasteiger partial charge in [-0.2, -0.15) is 5.10 Å². The Morgan fingerprint density at radius 2 is 1.71 bits per heavy atom. The number of piperidine rings is 1. The van der Waals surface area contributed by atoms with Crippen LogP contribution in [0.4, 0.5) is 10.2 Å². The Hall–Kier alpha value is -3.52. The topological polar surface area (TPSA) is 82.1 Å². The van der Waals surface area contributed by atoms with Gasteiger partial charge in [-0.1, -0.05) is 18.2 Å². The predicted octanol–water partition coefficient (Wildman–Crippen LogP) is 5.25. The third-order valence-electron chi connectivity index (χ3n) is 6.39. The molecule has 3 heterocycles. The molecule has 8 heteroatoms. The molecule has 2 aromatic carbocycles. The molecule has 0 saturated carbocycles. The number of nitrogen functional groups attached to an aromatic ring is 1. The number of para-hydroxylation sites is 1. The van der Waals surface area contributed by atoms with E-state index in [0.717, 1.165) is 17.9 Å². The van der Waals surface area contributed by atoms with Gasteiger partial charge in [-0.15, -0.1) is 0 Å². The molecule has 0 radical (unpaired) electrons. The number of fused-ring (bicyclic) bond motifs is 1. The summed E-state index contributed by atoms with van der Waals surface area (Å²) in [4.78, 5) is 10.8. The second kappa shape index (κ2) is 8.68. The van der Waals surface area contributed by atoms with E-state index in [-0.39, 0.29) is 5.54 Å². The maximum absolute atomic E-state index is 15.4. The first kappa shape index (κ1) is 22.3. The fourth-order valence-corrected chi connectivity index (χ4v) is 4.51. The number of halogens is 1. The van der Waals surface area contributed by atoms with Gasteiger partial charge in [0.25, 0.3) is 0 Å². The van der Waals surface area contributed by atoms with Gasteiger partial charge in [0.05, 0.1) is 11.4 Å². The van der Waals surface area contributed by atoms with Crippen molar-refractivity contribution in [3.05, 3.63) is 60.9 Å². The molecular weight excluding hydrogens is 431 g/mol. The summed E-state index contributed by atoms with van der Waals surface area (Å²) < 4.78 is 23.0. The lowest BCUT2D eigenvalue weighted by Gasteiger charge is -2.42. The van der Waals surface area contributed by atoms with Crippen molar-refractivity contribution >= 4 is 16.9 Å². The molecule has 4 aromatic rings. The Morgan fingerprint density at radius 3 is 2.38 bits per heavy atom. The molecule has 176 valence electrons. The van der Waals surface area contributed by atoms with Crippen molar-refractivity contribution in [2.75, 3.05) is 18.8 Å². The zero-order chi connectivity index (χ0) is 23.9. The fourth-order valence-electron chi connectivity index (χ4n) is 4.51. The van der Waals surface area contributed by atoms with Crippen LogP contribution in [-0.4, -0.2) is 49.4 Å². The van der Waals surface area contributed by atoms with Crippen molar-refractivity contribution in [1.29, 1.82) is 0 Å². The highest BCUT2D eigenvalue weighted by molar-refractivity contribution is 5.98. The van der Waals surface area contributed by atoms with Crippen LogP contribution in [0.25, 0.3) is 22.3 Å². The molecule has 1 fully saturated rings. The minimum atomic E-state index is -1.07. The summed E-state index contributed by atoms with van der Waals surface area (Å²) in [5.41, 5.74) is 8.21. The van der Waals surface area contributed by atoms with Crippen LogP contribution < -0.4 is 10.5 Å². The third kappa shape index (κ3) is 4.21. The zero-order valence-electron chi connectivity index (χ0n) is 19.6. The highest BCUT2D eigenvalue weighted by Crippen LogP contribution is 2.36. The van der Waals surface area contributed by atoms with Crippen LogP contribution in [0.3, 0.4) is 0 Å². The van der Waals surface area contributed by atoms with E-state index in [2.05, 4.69) is 35.6 Å². The fraction of sp³-hybridized carbons (Fsp3) is 0.346. The molecule has 2 N–H and O–H groups in total. The van der Waals surface area contributed by atoms with Gasteiger partial charge in [-0.05, 0) is 63.6 Å². The standard InChI is InChI=1S/C26H29FN6O/c1-26(2,3)32-14-13-21(20(27)15-32)33-25-22(24(28)29-16-30-25)23(31-33)17-9-11-19(12-10-17)34-18-7-5-4-6-8-18/h4-12,16,20-21H,13-15H2,1-3H3,(H2,28,29,30). The summed E-state index contributed by atoms with van der Waals surface area (Å²) in [6.07, 6.45) is 0.984. The number of nitrogens with zero attached hydrogens (tertiary/aromatic N) is 5. The van der Waals surface area contributed by atoms with Gasteiger partial charge in [0.2, 0.25) is 0 Å². The quantitative estimate of drug-likeness (QED) is 0.448.